The highest BCUT2D eigenvalue weighted by atomic mass is 16.1. The smallest absolute Gasteiger partial charge is 0.144 e. The maximum absolute atomic E-state index is 13.3. The summed E-state index contributed by atoms with van der Waals surface area (Å²) in [5, 5.41) is 0. The van der Waals surface area contributed by atoms with Crippen molar-refractivity contribution >= 4 is 5.78 Å². The SMILES string of the molecule is O=C1CCC2=C(CCCC2)C1(Cc1ccccc1)Cc1ccccc1. The molecule has 0 aliphatic heterocycles. The van der Waals surface area contributed by atoms with Gasteiger partial charge in [-0.25, -0.2) is 0 Å². The van der Waals surface area contributed by atoms with Crippen LogP contribution in [-0.2, 0) is 17.6 Å². The van der Waals surface area contributed by atoms with Gasteiger partial charge in [0.2, 0.25) is 0 Å². The van der Waals surface area contributed by atoms with Gasteiger partial charge in [0.1, 0.15) is 5.78 Å². The molecule has 0 spiro atoms. The highest BCUT2D eigenvalue weighted by Gasteiger charge is 2.45. The van der Waals surface area contributed by atoms with E-state index in [2.05, 4.69) is 60.7 Å². The van der Waals surface area contributed by atoms with Crippen molar-refractivity contribution in [1.82, 2.24) is 0 Å². The Morgan fingerprint density at radius 3 is 1.84 bits per heavy atom. The van der Waals surface area contributed by atoms with E-state index in [1.807, 2.05) is 0 Å². The van der Waals surface area contributed by atoms with Crippen LogP contribution in [0, 0.1) is 5.41 Å². The molecule has 0 N–H and O–H groups in total. The molecule has 0 amide bonds. The molecule has 128 valence electrons. The first-order valence-corrected chi connectivity index (χ1v) is 9.60. The largest absolute Gasteiger partial charge is 0.299 e. The lowest BCUT2D eigenvalue weighted by Crippen LogP contribution is -2.41. The number of benzene rings is 2. The Labute approximate surface area is 150 Å². The van der Waals surface area contributed by atoms with Crippen LogP contribution in [0.3, 0.4) is 0 Å². The van der Waals surface area contributed by atoms with Gasteiger partial charge in [0.25, 0.3) is 0 Å². The Kier molecular flexibility index (Phi) is 4.57. The molecule has 0 unspecified atom stereocenters. The van der Waals surface area contributed by atoms with Gasteiger partial charge in [-0.1, -0.05) is 71.8 Å². The molecule has 0 heterocycles. The molecule has 0 atom stereocenters. The van der Waals surface area contributed by atoms with Crippen molar-refractivity contribution < 1.29 is 4.79 Å². The molecule has 2 aromatic carbocycles. The van der Waals surface area contributed by atoms with Gasteiger partial charge in [-0.15, -0.1) is 0 Å². The zero-order valence-electron chi connectivity index (χ0n) is 14.8. The molecule has 1 heteroatoms. The average molecular weight is 330 g/mol. The topological polar surface area (TPSA) is 17.1 Å². The minimum Gasteiger partial charge on any atom is -0.299 e. The Morgan fingerprint density at radius 1 is 0.680 bits per heavy atom. The molecule has 1 nitrogen and oxygen atoms in total. The third-order valence-corrected chi connectivity index (χ3v) is 6.04. The number of carbonyl (C=O) groups excluding carboxylic acids is 1. The molecule has 2 aliphatic carbocycles. The zero-order chi connectivity index (χ0) is 17.1. The van der Waals surface area contributed by atoms with Gasteiger partial charge in [0, 0.05) is 6.42 Å². The fourth-order valence-corrected chi connectivity index (χ4v) is 4.86. The molecular weight excluding hydrogens is 304 g/mol. The van der Waals surface area contributed by atoms with Crippen LogP contribution in [0.25, 0.3) is 0 Å². The van der Waals surface area contributed by atoms with Crippen LogP contribution in [0.4, 0.5) is 0 Å². The lowest BCUT2D eigenvalue weighted by Gasteiger charge is -2.42. The highest BCUT2D eigenvalue weighted by Crippen LogP contribution is 2.48. The van der Waals surface area contributed by atoms with E-state index in [-0.39, 0.29) is 5.41 Å². The second-order valence-corrected chi connectivity index (χ2v) is 7.62. The third-order valence-electron chi connectivity index (χ3n) is 6.04. The quantitative estimate of drug-likeness (QED) is 0.658. The maximum atomic E-state index is 13.3. The molecule has 25 heavy (non-hydrogen) atoms. The van der Waals surface area contributed by atoms with E-state index in [1.54, 1.807) is 5.57 Å². The Balaban J connectivity index is 1.80. The predicted molar refractivity (Wildman–Crippen MR) is 102 cm³/mol. The third kappa shape index (κ3) is 3.20. The first kappa shape index (κ1) is 16.3. The van der Waals surface area contributed by atoms with Crippen LogP contribution in [-0.4, -0.2) is 5.78 Å². The number of rotatable bonds is 4. The van der Waals surface area contributed by atoms with Crippen molar-refractivity contribution in [2.75, 3.05) is 0 Å². The molecular formula is C24H26O. The summed E-state index contributed by atoms with van der Waals surface area (Å²) in [5.41, 5.74) is 5.33. The minimum atomic E-state index is -0.323. The lowest BCUT2D eigenvalue weighted by molar-refractivity contribution is -0.127. The Bertz CT molecular complexity index is 729. The molecule has 0 fully saturated rings. The van der Waals surface area contributed by atoms with E-state index in [0.717, 1.165) is 32.1 Å². The molecule has 0 bridgehead atoms. The summed E-state index contributed by atoms with van der Waals surface area (Å²) >= 11 is 0. The van der Waals surface area contributed by atoms with Crippen LogP contribution in [0.1, 0.15) is 49.7 Å². The number of allylic oxidation sites excluding steroid dienone is 2. The van der Waals surface area contributed by atoms with E-state index in [0.29, 0.717) is 5.78 Å². The van der Waals surface area contributed by atoms with E-state index >= 15 is 0 Å². The first-order valence-electron chi connectivity index (χ1n) is 9.60. The first-order chi connectivity index (χ1) is 12.3. The van der Waals surface area contributed by atoms with Crippen LogP contribution in [0.2, 0.25) is 0 Å². The normalized spacial score (nSPS) is 19.6. The van der Waals surface area contributed by atoms with Crippen molar-refractivity contribution in [3.63, 3.8) is 0 Å². The van der Waals surface area contributed by atoms with E-state index in [4.69, 9.17) is 0 Å². The number of hydrogen-bond acceptors (Lipinski definition) is 1. The van der Waals surface area contributed by atoms with Crippen LogP contribution < -0.4 is 0 Å². The van der Waals surface area contributed by atoms with Crippen molar-refractivity contribution in [2.24, 2.45) is 5.41 Å². The second kappa shape index (κ2) is 7.00. The number of Topliss-reactive ketones (excluding diaryl/α,β-unsaturated/α-hetero) is 1. The summed E-state index contributed by atoms with van der Waals surface area (Å²) in [7, 11) is 0. The van der Waals surface area contributed by atoms with Gasteiger partial charge in [-0.3, -0.25) is 4.79 Å². The predicted octanol–water partition coefficient (Wildman–Crippen LogP) is 5.69. The fraction of sp³-hybridized carbons (Fsp3) is 0.375. The van der Waals surface area contributed by atoms with E-state index < -0.39 is 0 Å². The summed E-state index contributed by atoms with van der Waals surface area (Å²) < 4.78 is 0. The van der Waals surface area contributed by atoms with E-state index in [1.165, 1.54) is 36.0 Å². The summed E-state index contributed by atoms with van der Waals surface area (Å²) in [6, 6.07) is 21.2. The summed E-state index contributed by atoms with van der Waals surface area (Å²) in [4.78, 5) is 13.3. The van der Waals surface area contributed by atoms with Crippen molar-refractivity contribution in [1.29, 1.82) is 0 Å². The van der Waals surface area contributed by atoms with Gasteiger partial charge in [-0.2, -0.15) is 0 Å². The minimum absolute atomic E-state index is 0.323. The summed E-state index contributed by atoms with van der Waals surface area (Å²) in [6.07, 6.45) is 8.25. The van der Waals surface area contributed by atoms with Gasteiger partial charge >= 0.3 is 0 Å². The van der Waals surface area contributed by atoms with Crippen molar-refractivity contribution in [3.8, 4) is 0 Å². The van der Waals surface area contributed by atoms with Crippen molar-refractivity contribution in [3.05, 3.63) is 82.9 Å². The molecule has 0 saturated heterocycles. The molecule has 0 saturated carbocycles. The average Bonchev–Trinajstić information content (AvgIpc) is 2.67. The Morgan fingerprint density at radius 2 is 1.24 bits per heavy atom. The van der Waals surface area contributed by atoms with Gasteiger partial charge in [0.05, 0.1) is 5.41 Å². The van der Waals surface area contributed by atoms with Crippen molar-refractivity contribution in [2.45, 2.75) is 51.4 Å². The summed E-state index contributed by atoms with van der Waals surface area (Å²) in [6.45, 7) is 0. The van der Waals surface area contributed by atoms with Gasteiger partial charge < -0.3 is 0 Å². The lowest BCUT2D eigenvalue weighted by atomic mass is 9.60. The highest BCUT2D eigenvalue weighted by molar-refractivity contribution is 5.90. The Hall–Kier alpha value is -2.15. The molecule has 4 rings (SSSR count). The van der Waals surface area contributed by atoms with Gasteiger partial charge in [0.15, 0.2) is 0 Å². The molecule has 2 aromatic rings. The molecule has 0 radical (unpaired) electrons. The number of ketones is 1. The van der Waals surface area contributed by atoms with Crippen LogP contribution in [0.5, 0.6) is 0 Å². The van der Waals surface area contributed by atoms with Crippen LogP contribution >= 0.6 is 0 Å². The van der Waals surface area contributed by atoms with Gasteiger partial charge in [-0.05, 0) is 56.1 Å². The fourth-order valence-electron chi connectivity index (χ4n) is 4.86. The number of carbonyl (C=O) groups is 1. The summed E-state index contributed by atoms with van der Waals surface area (Å²) in [5.74, 6) is 0.459. The maximum Gasteiger partial charge on any atom is 0.144 e. The standard InChI is InChI=1S/C24H26O/c25-23-16-15-21-13-7-8-14-22(21)24(23,17-19-9-3-1-4-10-19)18-20-11-5-2-6-12-20/h1-6,9-12H,7-8,13-18H2. The zero-order valence-corrected chi connectivity index (χ0v) is 14.8. The van der Waals surface area contributed by atoms with Crippen LogP contribution in [0.15, 0.2) is 71.8 Å². The molecule has 2 aliphatic rings. The van der Waals surface area contributed by atoms with E-state index in [9.17, 15) is 4.79 Å². The monoisotopic (exact) mass is 330 g/mol. The molecule has 0 aromatic heterocycles. The number of hydrogen-bond donors (Lipinski definition) is 0. The second-order valence-electron chi connectivity index (χ2n) is 7.62.